The number of nitrogens with zero attached hydrogens (tertiary/aromatic N) is 2. The Morgan fingerprint density at radius 1 is 1.29 bits per heavy atom. The van der Waals surface area contributed by atoms with Crippen molar-refractivity contribution in [2.24, 2.45) is 0 Å². The second kappa shape index (κ2) is 4.69. The second-order valence-electron chi connectivity index (χ2n) is 4.29. The van der Waals surface area contributed by atoms with Crippen LogP contribution < -0.4 is 0 Å². The fraction of sp³-hybridized carbons (Fsp3) is 0.583. The molecule has 17 heavy (non-hydrogen) atoms. The molecule has 0 bridgehead atoms. The molecule has 1 aliphatic rings. The third-order valence-electron chi connectivity index (χ3n) is 2.97. The molecular weight excluding hydrogens is 220 g/mol. The largest absolute Gasteiger partial charge is 0.459 e. The standard InChI is InChI=1S/C12H16N2O3/c1-8(15)14-12(7-17-9(2)16)10-5-3-4-6-11(10)13-14/h3-7H2,1-2H3. The Balaban J connectivity index is 2.35. The van der Waals surface area contributed by atoms with Crippen LogP contribution in [0.15, 0.2) is 0 Å². The Hall–Kier alpha value is -1.65. The van der Waals surface area contributed by atoms with E-state index < -0.39 is 0 Å². The molecule has 0 saturated carbocycles. The molecule has 5 heteroatoms. The van der Waals surface area contributed by atoms with Crippen molar-refractivity contribution in [3.05, 3.63) is 17.0 Å². The van der Waals surface area contributed by atoms with E-state index in [0.717, 1.165) is 42.6 Å². The van der Waals surface area contributed by atoms with Gasteiger partial charge in [-0.1, -0.05) is 0 Å². The Morgan fingerprint density at radius 3 is 2.65 bits per heavy atom. The molecule has 0 unspecified atom stereocenters. The summed E-state index contributed by atoms with van der Waals surface area (Å²) >= 11 is 0. The van der Waals surface area contributed by atoms with E-state index in [1.807, 2.05) is 0 Å². The molecule has 0 aromatic carbocycles. The number of fused-ring (bicyclic) bond motifs is 1. The van der Waals surface area contributed by atoms with E-state index in [4.69, 9.17) is 4.74 Å². The number of aryl methyl sites for hydroxylation is 1. The summed E-state index contributed by atoms with van der Waals surface area (Å²) in [6.45, 7) is 2.97. The topological polar surface area (TPSA) is 61.2 Å². The highest BCUT2D eigenvalue weighted by Gasteiger charge is 2.22. The predicted octanol–water partition coefficient (Wildman–Crippen LogP) is 1.49. The fourth-order valence-electron chi connectivity index (χ4n) is 2.20. The van der Waals surface area contributed by atoms with Gasteiger partial charge in [0.15, 0.2) is 0 Å². The Labute approximate surface area is 99.8 Å². The molecule has 0 amide bonds. The third kappa shape index (κ3) is 2.38. The summed E-state index contributed by atoms with van der Waals surface area (Å²) in [4.78, 5) is 22.3. The molecule has 0 atom stereocenters. The van der Waals surface area contributed by atoms with Crippen LogP contribution in [0.25, 0.3) is 0 Å². The van der Waals surface area contributed by atoms with Gasteiger partial charge >= 0.3 is 5.97 Å². The van der Waals surface area contributed by atoms with Crippen molar-refractivity contribution < 1.29 is 14.3 Å². The fourth-order valence-corrected chi connectivity index (χ4v) is 2.20. The minimum absolute atomic E-state index is 0.136. The molecule has 1 aromatic rings. The Bertz CT molecular complexity index is 463. The van der Waals surface area contributed by atoms with E-state index in [-0.39, 0.29) is 18.5 Å². The second-order valence-corrected chi connectivity index (χ2v) is 4.29. The van der Waals surface area contributed by atoms with Crippen molar-refractivity contribution in [3.8, 4) is 0 Å². The molecule has 1 aliphatic carbocycles. The lowest BCUT2D eigenvalue weighted by Crippen LogP contribution is -2.14. The Kier molecular flexibility index (Phi) is 3.26. The number of esters is 1. The molecule has 2 rings (SSSR count). The van der Waals surface area contributed by atoms with Crippen LogP contribution in [0.2, 0.25) is 0 Å². The maximum absolute atomic E-state index is 11.5. The number of hydrogen-bond donors (Lipinski definition) is 0. The van der Waals surface area contributed by atoms with Crippen molar-refractivity contribution >= 4 is 11.9 Å². The van der Waals surface area contributed by atoms with Crippen LogP contribution >= 0.6 is 0 Å². The van der Waals surface area contributed by atoms with Gasteiger partial charge in [-0.25, -0.2) is 4.68 Å². The van der Waals surface area contributed by atoms with E-state index in [2.05, 4.69) is 5.10 Å². The first-order valence-corrected chi connectivity index (χ1v) is 5.83. The highest BCUT2D eigenvalue weighted by Crippen LogP contribution is 2.24. The molecular formula is C12H16N2O3. The van der Waals surface area contributed by atoms with Crippen LogP contribution in [-0.4, -0.2) is 21.7 Å². The monoisotopic (exact) mass is 236 g/mol. The van der Waals surface area contributed by atoms with Crippen LogP contribution in [-0.2, 0) is 29.0 Å². The maximum atomic E-state index is 11.5. The summed E-state index contributed by atoms with van der Waals surface area (Å²) in [5.74, 6) is -0.479. The van der Waals surface area contributed by atoms with E-state index in [1.165, 1.54) is 18.5 Å². The van der Waals surface area contributed by atoms with Crippen molar-refractivity contribution in [2.45, 2.75) is 46.1 Å². The smallest absolute Gasteiger partial charge is 0.303 e. The van der Waals surface area contributed by atoms with Crippen LogP contribution in [0.5, 0.6) is 0 Å². The zero-order valence-corrected chi connectivity index (χ0v) is 10.2. The molecule has 92 valence electrons. The number of rotatable bonds is 2. The normalized spacial score (nSPS) is 14.2. The van der Waals surface area contributed by atoms with Crippen molar-refractivity contribution in [1.82, 2.24) is 9.78 Å². The molecule has 0 N–H and O–H groups in total. The summed E-state index contributed by atoms with van der Waals surface area (Å²) in [5.41, 5.74) is 2.81. The lowest BCUT2D eigenvalue weighted by atomic mass is 9.96. The molecule has 0 aliphatic heterocycles. The van der Waals surface area contributed by atoms with Crippen LogP contribution in [0.3, 0.4) is 0 Å². The third-order valence-corrected chi connectivity index (χ3v) is 2.97. The van der Waals surface area contributed by atoms with Gasteiger partial charge in [-0.15, -0.1) is 0 Å². The van der Waals surface area contributed by atoms with Crippen molar-refractivity contribution in [2.75, 3.05) is 0 Å². The minimum Gasteiger partial charge on any atom is -0.459 e. The first kappa shape index (κ1) is 11.8. The maximum Gasteiger partial charge on any atom is 0.303 e. The zero-order chi connectivity index (χ0) is 12.4. The van der Waals surface area contributed by atoms with Gasteiger partial charge in [0.05, 0.1) is 11.4 Å². The van der Waals surface area contributed by atoms with Gasteiger partial charge in [0.25, 0.3) is 0 Å². The molecule has 0 fully saturated rings. The van der Waals surface area contributed by atoms with E-state index in [9.17, 15) is 9.59 Å². The molecule has 1 aromatic heterocycles. The number of ether oxygens (including phenoxy) is 1. The lowest BCUT2D eigenvalue weighted by molar-refractivity contribution is -0.142. The SMILES string of the molecule is CC(=O)OCc1c2c(nn1C(C)=O)CCCC2. The van der Waals surface area contributed by atoms with Crippen LogP contribution in [0, 0.1) is 0 Å². The van der Waals surface area contributed by atoms with Crippen LogP contribution in [0.1, 0.15) is 48.4 Å². The van der Waals surface area contributed by atoms with Gasteiger partial charge in [0.1, 0.15) is 6.61 Å². The molecule has 0 saturated heterocycles. The molecule has 5 nitrogen and oxygen atoms in total. The summed E-state index contributed by atoms with van der Waals surface area (Å²) in [6.07, 6.45) is 4.03. The molecule has 0 radical (unpaired) electrons. The predicted molar refractivity (Wildman–Crippen MR) is 60.6 cm³/mol. The average Bonchev–Trinajstić information content (AvgIpc) is 2.65. The Morgan fingerprint density at radius 2 is 2.00 bits per heavy atom. The van der Waals surface area contributed by atoms with Crippen molar-refractivity contribution in [1.29, 1.82) is 0 Å². The highest BCUT2D eigenvalue weighted by molar-refractivity contribution is 5.76. The summed E-state index contributed by atoms with van der Waals surface area (Å²) in [6, 6.07) is 0. The number of carbonyl (C=O) groups excluding carboxylic acids is 2. The summed E-state index contributed by atoms with van der Waals surface area (Å²) < 4.78 is 6.37. The summed E-state index contributed by atoms with van der Waals surface area (Å²) in [5, 5.41) is 4.30. The highest BCUT2D eigenvalue weighted by atomic mass is 16.5. The van der Waals surface area contributed by atoms with Gasteiger partial charge in [-0.2, -0.15) is 5.10 Å². The van der Waals surface area contributed by atoms with Crippen molar-refractivity contribution in [3.63, 3.8) is 0 Å². The minimum atomic E-state index is -0.342. The number of hydrogen-bond acceptors (Lipinski definition) is 4. The van der Waals surface area contributed by atoms with Gasteiger partial charge in [-0.3, -0.25) is 9.59 Å². The molecule has 1 heterocycles. The first-order valence-electron chi connectivity index (χ1n) is 5.83. The van der Waals surface area contributed by atoms with E-state index in [1.54, 1.807) is 0 Å². The quantitative estimate of drug-likeness (QED) is 0.730. The number of carbonyl (C=O) groups is 2. The average molecular weight is 236 g/mol. The lowest BCUT2D eigenvalue weighted by Gasteiger charge is -2.11. The van der Waals surface area contributed by atoms with E-state index in [0.29, 0.717) is 0 Å². The zero-order valence-electron chi connectivity index (χ0n) is 10.2. The van der Waals surface area contributed by atoms with Crippen LogP contribution in [0.4, 0.5) is 0 Å². The van der Waals surface area contributed by atoms with Gasteiger partial charge in [0, 0.05) is 19.4 Å². The van der Waals surface area contributed by atoms with Gasteiger partial charge in [0.2, 0.25) is 5.91 Å². The number of aromatic nitrogens is 2. The first-order chi connectivity index (χ1) is 8.09. The van der Waals surface area contributed by atoms with Gasteiger partial charge in [-0.05, 0) is 25.7 Å². The molecule has 0 spiro atoms. The summed E-state index contributed by atoms with van der Waals surface area (Å²) in [7, 11) is 0. The van der Waals surface area contributed by atoms with E-state index >= 15 is 0 Å². The van der Waals surface area contributed by atoms with Gasteiger partial charge < -0.3 is 4.74 Å².